The molecule has 0 bridgehead atoms. The number of carbonyl (C=O) groups is 2. The predicted molar refractivity (Wildman–Crippen MR) is 83.7 cm³/mol. The van der Waals surface area contributed by atoms with Crippen LogP contribution in [0, 0.1) is 6.92 Å². The third-order valence-corrected chi connectivity index (χ3v) is 4.45. The van der Waals surface area contributed by atoms with Gasteiger partial charge in [-0.05, 0) is 43.4 Å². The number of amides is 1. The minimum Gasteiger partial charge on any atom is -0.480 e. The van der Waals surface area contributed by atoms with E-state index in [1.807, 2.05) is 31.3 Å². The number of rotatable bonds is 3. The van der Waals surface area contributed by atoms with Crippen LogP contribution < -0.4 is 0 Å². The summed E-state index contributed by atoms with van der Waals surface area (Å²) >= 11 is 0. The van der Waals surface area contributed by atoms with E-state index >= 15 is 0 Å². The van der Waals surface area contributed by atoms with E-state index in [2.05, 4.69) is 4.98 Å². The third kappa shape index (κ3) is 2.58. The normalized spacial score (nSPS) is 18.6. The van der Waals surface area contributed by atoms with Crippen LogP contribution in [-0.4, -0.2) is 39.5 Å². The monoisotopic (exact) mass is 300 g/mol. The van der Waals surface area contributed by atoms with Gasteiger partial charge in [0.1, 0.15) is 6.04 Å². The molecule has 1 aromatic carbocycles. The van der Waals surface area contributed by atoms with Crippen molar-refractivity contribution in [2.45, 2.75) is 38.6 Å². The fraction of sp³-hybridized carbons (Fsp3) is 0.412. The van der Waals surface area contributed by atoms with Crippen LogP contribution in [0.5, 0.6) is 0 Å². The van der Waals surface area contributed by atoms with Gasteiger partial charge in [0.25, 0.3) is 0 Å². The number of carbonyl (C=O) groups excluding carboxylic acids is 1. The first kappa shape index (κ1) is 14.6. The van der Waals surface area contributed by atoms with Gasteiger partial charge in [0.2, 0.25) is 5.91 Å². The lowest BCUT2D eigenvalue weighted by molar-refractivity contribution is -0.151. The van der Waals surface area contributed by atoms with Gasteiger partial charge in [-0.25, -0.2) is 4.79 Å². The Labute approximate surface area is 128 Å². The standard InChI is InChI=1S/C17H20N2O3/c1-11-5-4-6-13-16(11)12(10-18-13)9-15(20)19-8-3-2-7-14(19)17(21)22/h4-6,10,14,18H,2-3,7-9H2,1H3,(H,21,22)/t14-/m1/s1. The van der Waals surface area contributed by atoms with E-state index in [-0.39, 0.29) is 12.3 Å². The second kappa shape index (κ2) is 5.83. The molecule has 3 rings (SSSR count). The average molecular weight is 300 g/mol. The molecular formula is C17H20N2O3. The lowest BCUT2D eigenvalue weighted by Gasteiger charge is -2.33. The zero-order valence-corrected chi connectivity index (χ0v) is 12.6. The highest BCUT2D eigenvalue weighted by Crippen LogP contribution is 2.24. The number of nitrogens with zero attached hydrogens (tertiary/aromatic N) is 1. The number of hydrogen-bond donors (Lipinski definition) is 2. The number of hydrogen-bond acceptors (Lipinski definition) is 2. The third-order valence-electron chi connectivity index (χ3n) is 4.45. The Hall–Kier alpha value is -2.30. The average Bonchev–Trinajstić information content (AvgIpc) is 2.91. The summed E-state index contributed by atoms with van der Waals surface area (Å²) in [7, 11) is 0. The molecule has 1 amide bonds. The molecule has 1 aliphatic heterocycles. The van der Waals surface area contributed by atoms with Crippen LogP contribution in [0.3, 0.4) is 0 Å². The Bertz CT molecular complexity index is 720. The molecule has 0 aliphatic carbocycles. The second-order valence-electron chi connectivity index (χ2n) is 5.93. The van der Waals surface area contributed by atoms with Crippen molar-refractivity contribution in [2.24, 2.45) is 0 Å². The van der Waals surface area contributed by atoms with Crippen LogP contribution in [0.4, 0.5) is 0 Å². The van der Waals surface area contributed by atoms with Gasteiger partial charge in [-0.15, -0.1) is 0 Å². The zero-order chi connectivity index (χ0) is 15.7. The maximum atomic E-state index is 12.6. The van der Waals surface area contributed by atoms with Crippen molar-refractivity contribution >= 4 is 22.8 Å². The summed E-state index contributed by atoms with van der Waals surface area (Å²) in [6.07, 6.45) is 4.40. The molecule has 1 saturated heterocycles. The number of benzene rings is 1. The van der Waals surface area contributed by atoms with Gasteiger partial charge in [-0.2, -0.15) is 0 Å². The quantitative estimate of drug-likeness (QED) is 0.914. The largest absolute Gasteiger partial charge is 0.480 e. The Balaban J connectivity index is 1.85. The number of H-pyrrole nitrogens is 1. The van der Waals surface area contributed by atoms with Gasteiger partial charge < -0.3 is 15.0 Å². The molecule has 22 heavy (non-hydrogen) atoms. The van der Waals surface area contributed by atoms with Gasteiger partial charge >= 0.3 is 5.97 Å². The summed E-state index contributed by atoms with van der Waals surface area (Å²) in [5.41, 5.74) is 3.07. The van der Waals surface area contributed by atoms with Crippen molar-refractivity contribution in [3.8, 4) is 0 Å². The van der Waals surface area contributed by atoms with Crippen LogP contribution >= 0.6 is 0 Å². The minimum atomic E-state index is -0.900. The van der Waals surface area contributed by atoms with Crippen molar-refractivity contribution in [3.63, 3.8) is 0 Å². The highest BCUT2D eigenvalue weighted by atomic mass is 16.4. The molecule has 0 radical (unpaired) electrons. The first-order chi connectivity index (χ1) is 10.6. The van der Waals surface area contributed by atoms with Crippen molar-refractivity contribution in [3.05, 3.63) is 35.5 Å². The summed E-state index contributed by atoms with van der Waals surface area (Å²) in [6, 6.07) is 5.31. The number of piperidine rings is 1. The first-order valence-corrected chi connectivity index (χ1v) is 7.66. The number of nitrogens with one attached hydrogen (secondary N) is 1. The second-order valence-corrected chi connectivity index (χ2v) is 5.93. The lowest BCUT2D eigenvalue weighted by atomic mass is 10.00. The van der Waals surface area contributed by atoms with Gasteiger partial charge in [-0.1, -0.05) is 12.1 Å². The fourth-order valence-electron chi connectivity index (χ4n) is 3.34. The van der Waals surface area contributed by atoms with E-state index in [0.29, 0.717) is 13.0 Å². The molecule has 1 fully saturated rings. The first-order valence-electron chi connectivity index (χ1n) is 7.66. The SMILES string of the molecule is Cc1cccc2[nH]cc(CC(=O)N3CCCC[C@@H]3C(=O)O)c12. The van der Waals surface area contributed by atoms with E-state index in [1.54, 1.807) is 0 Å². The molecule has 1 atom stereocenters. The van der Waals surface area contributed by atoms with Crippen LogP contribution in [0.25, 0.3) is 10.9 Å². The molecule has 2 heterocycles. The zero-order valence-electron chi connectivity index (χ0n) is 12.6. The van der Waals surface area contributed by atoms with Crippen LogP contribution in [0.1, 0.15) is 30.4 Å². The maximum Gasteiger partial charge on any atom is 0.326 e. The Morgan fingerprint density at radius 3 is 2.95 bits per heavy atom. The Morgan fingerprint density at radius 2 is 2.18 bits per heavy atom. The number of aromatic amines is 1. The van der Waals surface area contributed by atoms with E-state index in [9.17, 15) is 14.7 Å². The number of aromatic nitrogens is 1. The van der Waals surface area contributed by atoms with Crippen molar-refractivity contribution < 1.29 is 14.7 Å². The topological polar surface area (TPSA) is 73.4 Å². The van der Waals surface area contributed by atoms with Crippen LogP contribution in [0.15, 0.2) is 24.4 Å². The lowest BCUT2D eigenvalue weighted by Crippen LogP contribution is -2.48. The number of carboxylic acids is 1. The number of carboxylic acid groups (broad SMARTS) is 1. The maximum absolute atomic E-state index is 12.6. The summed E-state index contributed by atoms with van der Waals surface area (Å²) in [4.78, 5) is 28.6. The highest BCUT2D eigenvalue weighted by molar-refractivity contribution is 5.92. The van der Waals surface area contributed by atoms with Gasteiger partial charge in [0, 0.05) is 23.6 Å². The molecule has 0 unspecified atom stereocenters. The van der Waals surface area contributed by atoms with Crippen molar-refractivity contribution in [1.82, 2.24) is 9.88 Å². The van der Waals surface area contributed by atoms with Crippen LogP contribution in [-0.2, 0) is 16.0 Å². The molecule has 0 saturated carbocycles. The van der Waals surface area contributed by atoms with E-state index < -0.39 is 12.0 Å². The number of aliphatic carboxylic acids is 1. The van der Waals surface area contributed by atoms with Gasteiger partial charge in [0.05, 0.1) is 6.42 Å². The van der Waals surface area contributed by atoms with Crippen LogP contribution in [0.2, 0.25) is 0 Å². The Morgan fingerprint density at radius 1 is 1.36 bits per heavy atom. The summed E-state index contributed by atoms with van der Waals surface area (Å²) < 4.78 is 0. The summed E-state index contributed by atoms with van der Waals surface area (Å²) in [6.45, 7) is 2.56. The van der Waals surface area contributed by atoms with E-state index in [1.165, 1.54) is 4.90 Å². The molecule has 2 aromatic rings. The predicted octanol–water partition coefficient (Wildman–Crippen LogP) is 2.48. The summed E-state index contributed by atoms with van der Waals surface area (Å²) in [5.74, 6) is -1.00. The highest BCUT2D eigenvalue weighted by Gasteiger charge is 2.32. The van der Waals surface area contributed by atoms with E-state index in [4.69, 9.17) is 0 Å². The Kier molecular flexibility index (Phi) is 3.88. The molecule has 5 heteroatoms. The van der Waals surface area contributed by atoms with E-state index in [0.717, 1.165) is 34.9 Å². The minimum absolute atomic E-state index is 0.101. The smallest absolute Gasteiger partial charge is 0.326 e. The molecule has 1 aliphatic rings. The number of fused-ring (bicyclic) bond motifs is 1. The number of aryl methyl sites for hydroxylation is 1. The molecule has 1 aromatic heterocycles. The van der Waals surface area contributed by atoms with Crippen molar-refractivity contribution in [1.29, 1.82) is 0 Å². The van der Waals surface area contributed by atoms with Crippen molar-refractivity contribution in [2.75, 3.05) is 6.54 Å². The van der Waals surface area contributed by atoms with Gasteiger partial charge in [0.15, 0.2) is 0 Å². The molecule has 5 nitrogen and oxygen atoms in total. The molecule has 116 valence electrons. The number of likely N-dealkylation sites (tertiary alicyclic amines) is 1. The molecule has 2 N–H and O–H groups in total. The molecular weight excluding hydrogens is 280 g/mol. The van der Waals surface area contributed by atoms with Gasteiger partial charge in [-0.3, -0.25) is 4.79 Å². The molecule has 0 spiro atoms. The fourth-order valence-corrected chi connectivity index (χ4v) is 3.34. The summed E-state index contributed by atoms with van der Waals surface area (Å²) in [5, 5.41) is 10.4.